The van der Waals surface area contributed by atoms with Crippen LogP contribution in [0.2, 0.25) is 0 Å². The SMILES string of the molecule is CCOCC1Cc2cc(-c3ccccc3/C=C/c3cccc(F)c3)ccc2OO1. The highest BCUT2D eigenvalue weighted by molar-refractivity contribution is 5.81. The summed E-state index contributed by atoms with van der Waals surface area (Å²) in [6.07, 6.45) is 4.57. The lowest BCUT2D eigenvalue weighted by molar-refractivity contribution is -0.264. The van der Waals surface area contributed by atoms with Gasteiger partial charge in [-0.3, -0.25) is 0 Å². The highest BCUT2D eigenvalue weighted by Gasteiger charge is 2.22. The minimum Gasteiger partial charge on any atom is -0.379 e. The highest BCUT2D eigenvalue weighted by atomic mass is 19.1. The molecule has 0 fully saturated rings. The van der Waals surface area contributed by atoms with Gasteiger partial charge in [0.05, 0.1) is 6.61 Å². The zero-order valence-corrected chi connectivity index (χ0v) is 16.3. The van der Waals surface area contributed by atoms with Crippen molar-refractivity contribution in [3.63, 3.8) is 0 Å². The number of fused-ring (bicyclic) bond motifs is 1. The molecule has 148 valence electrons. The van der Waals surface area contributed by atoms with Crippen molar-refractivity contribution in [1.29, 1.82) is 0 Å². The molecule has 0 N–H and O–H groups in total. The highest BCUT2D eigenvalue weighted by Crippen LogP contribution is 2.33. The molecule has 0 amide bonds. The maximum absolute atomic E-state index is 13.4. The largest absolute Gasteiger partial charge is 0.379 e. The van der Waals surface area contributed by atoms with Crippen LogP contribution in [-0.4, -0.2) is 19.3 Å². The minimum absolute atomic E-state index is 0.110. The molecule has 0 spiro atoms. The van der Waals surface area contributed by atoms with E-state index in [-0.39, 0.29) is 11.9 Å². The summed E-state index contributed by atoms with van der Waals surface area (Å²) in [4.78, 5) is 10.8. The van der Waals surface area contributed by atoms with E-state index in [1.54, 1.807) is 6.07 Å². The normalized spacial score (nSPS) is 15.9. The van der Waals surface area contributed by atoms with E-state index in [2.05, 4.69) is 18.2 Å². The van der Waals surface area contributed by atoms with E-state index in [0.29, 0.717) is 13.2 Å². The Morgan fingerprint density at radius 1 is 1.03 bits per heavy atom. The number of hydrogen-bond donors (Lipinski definition) is 0. The van der Waals surface area contributed by atoms with E-state index in [4.69, 9.17) is 14.5 Å². The number of benzene rings is 3. The fraction of sp³-hybridized carbons (Fsp3) is 0.200. The van der Waals surface area contributed by atoms with Crippen LogP contribution in [0.4, 0.5) is 4.39 Å². The monoisotopic (exact) mass is 390 g/mol. The molecule has 3 aromatic rings. The summed E-state index contributed by atoms with van der Waals surface area (Å²) < 4.78 is 18.9. The van der Waals surface area contributed by atoms with Crippen LogP contribution in [0.5, 0.6) is 5.75 Å². The van der Waals surface area contributed by atoms with Gasteiger partial charge in [0.1, 0.15) is 11.9 Å². The van der Waals surface area contributed by atoms with Gasteiger partial charge in [-0.15, -0.1) is 0 Å². The van der Waals surface area contributed by atoms with Crippen molar-refractivity contribution < 1.29 is 18.9 Å². The second-order valence-electron chi connectivity index (χ2n) is 6.96. The first kappa shape index (κ1) is 19.4. The summed E-state index contributed by atoms with van der Waals surface area (Å²) in [5.41, 5.74) is 5.20. The zero-order chi connectivity index (χ0) is 20.1. The molecule has 1 aliphatic rings. The van der Waals surface area contributed by atoms with Crippen LogP contribution in [-0.2, 0) is 16.0 Å². The lowest BCUT2D eigenvalue weighted by Gasteiger charge is -2.24. The molecule has 0 saturated carbocycles. The molecule has 1 atom stereocenters. The van der Waals surface area contributed by atoms with Crippen molar-refractivity contribution in [3.05, 3.63) is 89.2 Å². The first-order chi connectivity index (χ1) is 14.2. The van der Waals surface area contributed by atoms with Crippen molar-refractivity contribution in [2.45, 2.75) is 19.4 Å². The van der Waals surface area contributed by atoms with Gasteiger partial charge in [-0.05, 0) is 53.4 Å². The van der Waals surface area contributed by atoms with Crippen LogP contribution in [0.3, 0.4) is 0 Å². The van der Waals surface area contributed by atoms with Gasteiger partial charge < -0.3 is 9.62 Å². The Morgan fingerprint density at radius 3 is 2.79 bits per heavy atom. The molecule has 3 aromatic carbocycles. The Labute approximate surface area is 170 Å². The van der Waals surface area contributed by atoms with Crippen molar-refractivity contribution in [1.82, 2.24) is 0 Å². The molecule has 4 rings (SSSR count). The van der Waals surface area contributed by atoms with E-state index in [1.165, 1.54) is 12.1 Å². The van der Waals surface area contributed by atoms with Crippen molar-refractivity contribution in [2.75, 3.05) is 13.2 Å². The maximum Gasteiger partial charge on any atom is 0.168 e. The first-order valence-corrected chi connectivity index (χ1v) is 9.80. The molecule has 0 aliphatic carbocycles. The van der Waals surface area contributed by atoms with E-state index in [9.17, 15) is 4.39 Å². The smallest absolute Gasteiger partial charge is 0.168 e. The molecule has 1 heterocycles. The van der Waals surface area contributed by atoms with E-state index in [1.807, 2.05) is 49.4 Å². The Morgan fingerprint density at radius 2 is 1.93 bits per heavy atom. The van der Waals surface area contributed by atoms with E-state index < -0.39 is 0 Å². The molecule has 3 nitrogen and oxygen atoms in total. The second kappa shape index (κ2) is 9.03. The van der Waals surface area contributed by atoms with Gasteiger partial charge in [-0.25, -0.2) is 4.39 Å². The van der Waals surface area contributed by atoms with E-state index in [0.717, 1.165) is 40.0 Å². The summed E-state index contributed by atoms with van der Waals surface area (Å²) in [5.74, 6) is 0.508. The minimum atomic E-state index is -0.237. The maximum atomic E-state index is 13.4. The molecule has 4 heteroatoms. The summed E-state index contributed by atoms with van der Waals surface area (Å²) >= 11 is 0. The predicted molar refractivity (Wildman–Crippen MR) is 113 cm³/mol. The molecular formula is C25H23FO3. The van der Waals surface area contributed by atoms with Gasteiger partial charge in [0.2, 0.25) is 0 Å². The van der Waals surface area contributed by atoms with Crippen LogP contribution in [0.15, 0.2) is 66.7 Å². The van der Waals surface area contributed by atoms with Gasteiger partial charge in [0, 0.05) is 18.6 Å². The second-order valence-corrected chi connectivity index (χ2v) is 6.96. The molecule has 0 radical (unpaired) electrons. The standard InChI is InChI=1S/C25H23FO3/c1-2-27-17-23-16-21-15-20(12-13-25(21)29-28-23)24-9-4-3-7-19(24)11-10-18-6-5-8-22(26)14-18/h3-15,23H,2,16-17H2,1H3/b11-10+. The zero-order valence-electron chi connectivity index (χ0n) is 16.3. The van der Waals surface area contributed by atoms with Gasteiger partial charge >= 0.3 is 0 Å². The van der Waals surface area contributed by atoms with Gasteiger partial charge in [0.15, 0.2) is 5.75 Å². The molecule has 0 aromatic heterocycles. The van der Waals surface area contributed by atoms with Gasteiger partial charge in [0.25, 0.3) is 0 Å². The molecule has 29 heavy (non-hydrogen) atoms. The van der Waals surface area contributed by atoms with Crippen LogP contribution in [0, 0.1) is 5.82 Å². The third kappa shape index (κ3) is 4.73. The number of ether oxygens (including phenoxy) is 1. The predicted octanol–water partition coefficient (Wildman–Crippen LogP) is 5.93. The third-order valence-electron chi connectivity index (χ3n) is 4.87. The van der Waals surface area contributed by atoms with Crippen LogP contribution in [0.1, 0.15) is 23.6 Å². The number of rotatable bonds is 6. The van der Waals surface area contributed by atoms with E-state index >= 15 is 0 Å². The molecular weight excluding hydrogens is 367 g/mol. The van der Waals surface area contributed by atoms with Crippen molar-refractivity contribution in [3.8, 4) is 16.9 Å². The Kier molecular flexibility index (Phi) is 6.03. The van der Waals surface area contributed by atoms with Crippen LogP contribution >= 0.6 is 0 Å². The van der Waals surface area contributed by atoms with Gasteiger partial charge in [-0.2, -0.15) is 4.89 Å². The fourth-order valence-corrected chi connectivity index (χ4v) is 3.42. The first-order valence-electron chi connectivity index (χ1n) is 9.80. The van der Waals surface area contributed by atoms with Crippen LogP contribution < -0.4 is 4.89 Å². The van der Waals surface area contributed by atoms with Gasteiger partial charge in [-0.1, -0.05) is 54.6 Å². The number of hydrogen-bond acceptors (Lipinski definition) is 3. The van der Waals surface area contributed by atoms with Crippen molar-refractivity contribution in [2.24, 2.45) is 0 Å². The van der Waals surface area contributed by atoms with Crippen LogP contribution in [0.25, 0.3) is 23.3 Å². The molecule has 0 saturated heterocycles. The average Bonchev–Trinajstić information content (AvgIpc) is 2.76. The average molecular weight is 390 g/mol. The van der Waals surface area contributed by atoms with Crippen molar-refractivity contribution >= 4 is 12.2 Å². The fourth-order valence-electron chi connectivity index (χ4n) is 3.42. The molecule has 1 unspecified atom stereocenters. The third-order valence-corrected chi connectivity index (χ3v) is 4.87. The lowest BCUT2D eigenvalue weighted by Crippen LogP contribution is -2.28. The molecule has 0 bridgehead atoms. The molecule has 1 aliphatic heterocycles. The Hall–Kier alpha value is -2.95. The number of halogens is 1. The quantitative estimate of drug-likeness (QED) is 0.385. The summed E-state index contributed by atoms with van der Waals surface area (Å²) in [6, 6.07) is 20.8. The Balaban J connectivity index is 1.61. The topological polar surface area (TPSA) is 27.7 Å². The summed E-state index contributed by atoms with van der Waals surface area (Å²) in [6.45, 7) is 3.12. The lowest BCUT2D eigenvalue weighted by atomic mass is 9.95. The summed E-state index contributed by atoms with van der Waals surface area (Å²) in [7, 11) is 0. The Bertz CT molecular complexity index is 1010. The summed E-state index contributed by atoms with van der Waals surface area (Å²) in [5, 5.41) is 0.